The first-order chi connectivity index (χ1) is 7.29. The van der Waals surface area contributed by atoms with E-state index in [4.69, 9.17) is 4.74 Å². The van der Waals surface area contributed by atoms with Crippen LogP contribution in [0.25, 0.3) is 0 Å². The molecule has 0 unspecified atom stereocenters. The SMILES string of the molecule is C=CN1C(=O)NCC/C1=C/[NH2+]CCOC. The highest BCUT2D eigenvalue weighted by Gasteiger charge is 2.20. The van der Waals surface area contributed by atoms with Crippen LogP contribution >= 0.6 is 0 Å². The van der Waals surface area contributed by atoms with Gasteiger partial charge >= 0.3 is 6.03 Å². The Balaban J connectivity index is 2.49. The molecular weight excluding hydrogens is 194 g/mol. The van der Waals surface area contributed by atoms with Crippen molar-refractivity contribution in [1.82, 2.24) is 10.2 Å². The van der Waals surface area contributed by atoms with E-state index in [1.165, 1.54) is 11.1 Å². The van der Waals surface area contributed by atoms with E-state index in [1.54, 1.807) is 7.11 Å². The molecule has 0 radical (unpaired) electrons. The van der Waals surface area contributed by atoms with Crippen LogP contribution in [0, 0.1) is 0 Å². The zero-order chi connectivity index (χ0) is 11.1. The molecule has 0 saturated carbocycles. The fourth-order valence-corrected chi connectivity index (χ4v) is 1.40. The van der Waals surface area contributed by atoms with E-state index >= 15 is 0 Å². The lowest BCUT2D eigenvalue weighted by Crippen LogP contribution is -2.79. The molecule has 0 bridgehead atoms. The third kappa shape index (κ3) is 3.38. The molecule has 1 aliphatic rings. The fourth-order valence-electron chi connectivity index (χ4n) is 1.40. The molecule has 84 valence electrons. The zero-order valence-corrected chi connectivity index (χ0v) is 9.03. The number of urea groups is 1. The maximum Gasteiger partial charge on any atom is 0.325 e. The predicted molar refractivity (Wildman–Crippen MR) is 56.8 cm³/mol. The largest absolute Gasteiger partial charge is 0.379 e. The highest BCUT2D eigenvalue weighted by atomic mass is 16.5. The van der Waals surface area contributed by atoms with Gasteiger partial charge in [0.25, 0.3) is 0 Å². The number of methoxy groups -OCH3 is 1. The molecule has 15 heavy (non-hydrogen) atoms. The fraction of sp³-hybridized carbons (Fsp3) is 0.500. The summed E-state index contributed by atoms with van der Waals surface area (Å²) in [5.41, 5.74) is 0.977. The van der Waals surface area contributed by atoms with Crippen molar-refractivity contribution in [2.24, 2.45) is 0 Å². The highest BCUT2D eigenvalue weighted by molar-refractivity contribution is 5.78. The van der Waals surface area contributed by atoms with Crippen LogP contribution in [0.5, 0.6) is 0 Å². The average Bonchev–Trinajstić information content (AvgIpc) is 2.24. The first kappa shape index (κ1) is 11.7. The Morgan fingerprint density at radius 1 is 1.73 bits per heavy atom. The Labute approximate surface area is 89.8 Å². The molecule has 1 aliphatic heterocycles. The monoisotopic (exact) mass is 212 g/mol. The molecule has 0 atom stereocenters. The number of hydrogen-bond acceptors (Lipinski definition) is 2. The van der Waals surface area contributed by atoms with Crippen molar-refractivity contribution < 1.29 is 14.8 Å². The summed E-state index contributed by atoms with van der Waals surface area (Å²) in [5.74, 6) is 0. The minimum atomic E-state index is -0.109. The Hall–Kier alpha value is -1.33. The summed E-state index contributed by atoms with van der Waals surface area (Å²) >= 11 is 0. The number of hydrogen-bond donors (Lipinski definition) is 2. The second-order valence-corrected chi connectivity index (χ2v) is 3.21. The van der Waals surface area contributed by atoms with E-state index in [2.05, 4.69) is 11.9 Å². The molecule has 1 rings (SSSR count). The molecule has 1 heterocycles. The zero-order valence-electron chi connectivity index (χ0n) is 9.03. The number of quaternary nitrogens is 1. The number of carbonyl (C=O) groups excluding carboxylic acids is 1. The van der Waals surface area contributed by atoms with E-state index < -0.39 is 0 Å². The summed E-state index contributed by atoms with van der Waals surface area (Å²) in [6.45, 7) is 5.85. The lowest BCUT2D eigenvalue weighted by atomic mass is 10.2. The van der Waals surface area contributed by atoms with Crippen LogP contribution in [0.4, 0.5) is 4.79 Å². The third-order valence-corrected chi connectivity index (χ3v) is 2.17. The van der Waals surface area contributed by atoms with Crippen LogP contribution < -0.4 is 10.6 Å². The highest BCUT2D eigenvalue weighted by Crippen LogP contribution is 2.11. The van der Waals surface area contributed by atoms with Crippen LogP contribution in [0.1, 0.15) is 6.42 Å². The van der Waals surface area contributed by atoms with Gasteiger partial charge < -0.3 is 15.4 Å². The van der Waals surface area contributed by atoms with Crippen molar-refractivity contribution >= 4 is 6.03 Å². The first-order valence-electron chi connectivity index (χ1n) is 5.00. The number of nitrogens with zero attached hydrogens (tertiary/aromatic N) is 1. The minimum Gasteiger partial charge on any atom is -0.379 e. The third-order valence-electron chi connectivity index (χ3n) is 2.17. The van der Waals surface area contributed by atoms with E-state index in [9.17, 15) is 4.79 Å². The summed E-state index contributed by atoms with van der Waals surface area (Å²) < 4.78 is 4.93. The number of nitrogens with two attached hydrogens (primary N) is 1. The van der Waals surface area contributed by atoms with E-state index in [0.717, 1.165) is 18.7 Å². The number of rotatable bonds is 5. The van der Waals surface area contributed by atoms with Crippen molar-refractivity contribution in [2.45, 2.75) is 6.42 Å². The second kappa shape index (κ2) is 6.21. The molecule has 0 aromatic carbocycles. The summed E-state index contributed by atoms with van der Waals surface area (Å²) in [4.78, 5) is 12.9. The Kier molecular flexibility index (Phi) is 4.86. The topological polar surface area (TPSA) is 58.2 Å². The number of nitrogens with one attached hydrogen (secondary N) is 1. The van der Waals surface area contributed by atoms with Gasteiger partial charge in [-0.1, -0.05) is 6.58 Å². The lowest BCUT2D eigenvalue weighted by molar-refractivity contribution is -0.591. The second-order valence-electron chi connectivity index (χ2n) is 3.21. The molecule has 2 amide bonds. The van der Waals surface area contributed by atoms with E-state index in [-0.39, 0.29) is 6.03 Å². The van der Waals surface area contributed by atoms with Gasteiger partial charge in [-0.2, -0.15) is 0 Å². The molecule has 1 fully saturated rings. The molecule has 1 saturated heterocycles. The summed E-state index contributed by atoms with van der Waals surface area (Å²) in [5, 5.41) is 4.76. The van der Waals surface area contributed by atoms with Gasteiger partial charge in [0.1, 0.15) is 12.7 Å². The van der Waals surface area contributed by atoms with Gasteiger partial charge in [0.05, 0.1) is 12.3 Å². The molecule has 5 nitrogen and oxygen atoms in total. The maximum atomic E-state index is 11.4. The molecule has 3 N–H and O–H groups in total. The van der Waals surface area contributed by atoms with Gasteiger partial charge in [-0.25, -0.2) is 4.79 Å². The molecule has 5 heteroatoms. The summed E-state index contributed by atoms with van der Waals surface area (Å²) in [7, 11) is 1.67. The van der Waals surface area contributed by atoms with Crippen LogP contribution in [0.3, 0.4) is 0 Å². The van der Waals surface area contributed by atoms with Crippen LogP contribution in [-0.4, -0.2) is 37.7 Å². The van der Waals surface area contributed by atoms with Crippen molar-refractivity contribution in [1.29, 1.82) is 0 Å². The van der Waals surface area contributed by atoms with Crippen molar-refractivity contribution in [3.8, 4) is 0 Å². The average molecular weight is 212 g/mol. The van der Waals surface area contributed by atoms with Crippen LogP contribution in [0.2, 0.25) is 0 Å². The van der Waals surface area contributed by atoms with Gasteiger partial charge in [0.15, 0.2) is 0 Å². The maximum absolute atomic E-state index is 11.4. The van der Waals surface area contributed by atoms with E-state index in [0.29, 0.717) is 13.2 Å². The molecule has 0 aromatic rings. The Morgan fingerprint density at radius 2 is 2.53 bits per heavy atom. The predicted octanol–water partition coefficient (Wildman–Crippen LogP) is -0.404. The number of carbonyl (C=O) groups is 1. The Morgan fingerprint density at radius 3 is 3.20 bits per heavy atom. The minimum absolute atomic E-state index is 0.109. The van der Waals surface area contributed by atoms with Crippen LogP contribution in [0.15, 0.2) is 24.7 Å². The van der Waals surface area contributed by atoms with Gasteiger partial charge in [-0.15, -0.1) is 0 Å². The molecule has 0 spiro atoms. The lowest BCUT2D eigenvalue weighted by Gasteiger charge is -2.25. The normalized spacial score (nSPS) is 19.1. The smallest absolute Gasteiger partial charge is 0.325 e. The number of ether oxygens (including phenoxy) is 1. The van der Waals surface area contributed by atoms with Crippen molar-refractivity contribution in [3.05, 3.63) is 24.7 Å². The van der Waals surface area contributed by atoms with Crippen LogP contribution in [-0.2, 0) is 4.74 Å². The molecular formula is C10H18N3O2+. The number of amides is 2. The van der Waals surface area contributed by atoms with Gasteiger partial charge in [-0.3, -0.25) is 4.90 Å². The van der Waals surface area contributed by atoms with Gasteiger partial charge in [-0.05, 0) is 0 Å². The quantitative estimate of drug-likeness (QED) is 0.609. The standard InChI is InChI=1S/C10H17N3O2/c1-3-13-9(4-5-12-10(13)14)8-11-6-7-15-2/h3,8,11H,1,4-7H2,2H3,(H,12,14)/p+1/b9-8-. The Bertz CT molecular complexity index is 263. The first-order valence-corrected chi connectivity index (χ1v) is 5.00. The summed E-state index contributed by atoms with van der Waals surface area (Å²) in [6, 6.07) is -0.109. The molecule has 0 aliphatic carbocycles. The van der Waals surface area contributed by atoms with Crippen molar-refractivity contribution in [2.75, 3.05) is 26.8 Å². The molecule has 0 aromatic heterocycles. The van der Waals surface area contributed by atoms with Gasteiger partial charge in [0, 0.05) is 26.3 Å². The van der Waals surface area contributed by atoms with E-state index in [1.807, 2.05) is 11.5 Å². The van der Waals surface area contributed by atoms with Crippen molar-refractivity contribution in [3.63, 3.8) is 0 Å². The summed E-state index contributed by atoms with van der Waals surface area (Å²) in [6.07, 6.45) is 4.32. The van der Waals surface area contributed by atoms with Gasteiger partial charge in [0.2, 0.25) is 0 Å².